The number of ether oxygens (including phenoxy) is 1. The number of thioether (sulfide) groups is 1. The Hall–Kier alpha value is -1.96. The van der Waals surface area contributed by atoms with Gasteiger partial charge in [0.25, 0.3) is 5.91 Å². The molecular weight excluding hydrogens is 550 g/mol. The van der Waals surface area contributed by atoms with Gasteiger partial charge in [-0.2, -0.15) is 12.6 Å². The molecule has 3 unspecified atom stereocenters. The lowest BCUT2D eigenvalue weighted by atomic mass is 9.95. The largest absolute Gasteiger partial charge is 0.495 e. The van der Waals surface area contributed by atoms with E-state index in [1.807, 2.05) is 65.8 Å². The molecule has 2 aliphatic heterocycles. The third kappa shape index (κ3) is 11.6. The molecule has 2 heterocycles. The maximum atomic E-state index is 13.3. The second-order valence-corrected chi connectivity index (χ2v) is 9.98. The molecule has 1 aromatic carbocycles. The number of hydrogen-bond acceptors (Lipinski definition) is 8. The number of rotatable bonds is 8. The van der Waals surface area contributed by atoms with E-state index in [0.717, 1.165) is 35.5 Å². The first-order valence-electron chi connectivity index (χ1n) is 13.9. The van der Waals surface area contributed by atoms with Crippen molar-refractivity contribution < 1.29 is 9.53 Å². The summed E-state index contributed by atoms with van der Waals surface area (Å²) in [6, 6.07) is 5.69. The highest BCUT2D eigenvalue weighted by Gasteiger charge is 2.28. The van der Waals surface area contributed by atoms with E-state index in [9.17, 15) is 4.79 Å². The van der Waals surface area contributed by atoms with E-state index in [0.29, 0.717) is 17.2 Å². The molecule has 0 bridgehead atoms. The fraction of sp³-hybridized carbons (Fsp3) is 0.552. The number of halogens is 1. The number of benzene rings is 1. The lowest BCUT2D eigenvalue weighted by molar-refractivity contribution is 0.0944. The van der Waals surface area contributed by atoms with Crippen LogP contribution in [0, 0.1) is 17.8 Å². The maximum absolute atomic E-state index is 13.3. The lowest BCUT2D eigenvalue weighted by Gasteiger charge is -2.22. The Kier molecular flexibility index (Phi) is 18.0. The highest BCUT2D eigenvalue weighted by Crippen LogP contribution is 2.32. The van der Waals surface area contributed by atoms with Crippen molar-refractivity contribution in [3.63, 3.8) is 0 Å². The predicted molar refractivity (Wildman–Crippen MR) is 173 cm³/mol. The van der Waals surface area contributed by atoms with E-state index >= 15 is 0 Å². The van der Waals surface area contributed by atoms with Crippen LogP contribution >= 0.6 is 36.0 Å². The van der Waals surface area contributed by atoms with Crippen molar-refractivity contribution in [2.24, 2.45) is 5.92 Å². The van der Waals surface area contributed by atoms with Crippen molar-refractivity contribution >= 4 is 53.2 Å². The first-order chi connectivity index (χ1) is 19.1. The molecule has 0 aromatic heterocycles. The molecule has 5 N–H and O–H groups in total. The zero-order valence-electron chi connectivity index (χ0n) is 24.3. The number of anilines is 1. The summed E-state index contributed by atoms with van der Waals surface area (Å²) in [6.45, 7) is 12.8. The number of allylic oxidation sites excluding steroid dienone is 1. The molecule has 7 nitrogen and oxygen atoms in total. The SMILES string of the molecule is CC.CC.CC.COC1=CNC(Cl)C=C1c1cc(NCCCS)ccc1C(=O)NC1NNC(C#CC2CC2)S1. The molecule has 39 heavy (non-hydrogen) atoms. The van der Waals surface area contributed by atoms with Crippen molar-refractivity contribution in [2.45, 2.75) is 77.2 Å². The molecule has 2 fully saturated rings. The van der Waals surface area contributed by atoms with Gasteiger partial charge in [-0.25, -0.2) is 10.9 Å². The number of methoxy groups -OCH3 is 1. The Labute approximate surface area is 250 Å². The van der Waals surface area contributed by atoms with Crippen LogP contribution in [0.15, 0.2) is 36.2 Å². The number of amides is 1. The number of hydrazine groups is 1. The summed E-state index contributed by atoms with van der Waals surface area (Å²) in [7, 11) is 1.60. The average molecular weight is 596 g/mol. The predicted octanol–water partition coefficient (Wildman–Crippen LogP) is 6.13. The van der Waals surface area contributed by atoms with Crippen LogP contribution in [-0.4, -0.2) is 41.7 Å². The minimum atomic E-state index is -0.405. The quantitative estimate of drug-likeness (QED) is 0.0709. The van der Waals surface area contributed by atoms with E-state index in [1.165, 1.54) is 24.6 Å². The van der Waals surface area contributed by atoms with Crippen molar-refractivity contribution in [2.75, 3.05) is 24.7 Å². The second kappa shape index (κ2) is 20.0. The van der Waals surface area contributed by atoms with Gasteiger partial charge in [-0.05, 0) is 49.3 Å². The first kappa shape index (κ1) is 35.1. The third-order valence-corrected chi connectivity index (χ3v) is 6.85. The molecule has 1 saturated carbocycles. The van der Waals surface area contributed by atoms with Crippen molar-refractivity contribution in [1.82, 2.24) is 21.5 Å². The van der Waals surface area contributed by atoms with Crippen LogP contribution in [0.4, 0.5) is 5.69 Å². The fourth-order valence-corrected chi connectivity index (χ4v) is 4.60. The van der Waals surface area contributed by atoms with Gasteiger partial charge in [0.15, 0.2) is 0 Å². The smallest absolute Gasteiger partial charge is 0.253 e. The summed E-state index contributed by atoms with van der Waals surface area (Å²) < 4.78 is 5.55. The minimum absolute atomic E-state index is 0.0547. The summed E-state index contributed by atoms with van der Waals surface area (Å²) in [5, 5.41) is 9.39. The molecule has 4 rings (SSSR count). The van der Waals surface area contributed by atoms with E-state index in [2.05, 4.69) is 51.3 Å². The van der Waals surface area contributed by atoms with E-state index in [4.69, 9.17) is 16.3 Å². The van der Waals surface area contributed by atoms with E-state index < -0.39 is 5.50 Å². The Morgan fingerprint density at radius 3 is 2.51 bits per heavy atom. The van der Waals surface area contributed by atoms with E-state index in [1.54, 1.807) is 13.3 Å². The molecule has 0 spiro atoms. The van der Waals surface area contributed by atoms with Crippen LogP contribution in [0.5, 0.6) is 0 Å². The number of nitrogens with one attached hydrogen (secondary N) is 5. The van der Waals surface area contributed by atoms with Gasteiger partial charge in [0.1, 0.15) is 22.1 Å². The van der Waals surface area contributed by atoms with Crippen LogP contribution < -0.4 is 26.8 Å². The Morgan fingerprint density at radius 1 is 1.15 bits per heavy atom. The summed E-state index contributed by atoms with van der Waals surface area (Å²) in [5.74, 6) is 8.22. The topological polar surface area (TPSA) is 86.5 Å². The van der Waals surface area contributed by atoms with Gasteiger partial charge in [-0.15, -0.1) is 0 Å². The monoisotopic (exact) mass is 595 g/mol. The van der Waals surface area contributed by atoms with Crippen molar-refractivity contribution in [3.8, 4) is 11.8 Å². The second-order valence-electron chi connectivity index (χ2n) is 7.85. The molecule has 3 atom stereocenters. The summed E-state index contributed by atoms with van der Waals surface area (Å²) in [4.78, 5) is 13.3. The zero-order valence-corrected chi connectivity index (χ0v) is 26.7. The molecule has 218 valence electrons. The molecule has 1 saturated heterocycles. The maximum Gasteiger partial charge on any atom is 0.253 e. The number of carbonyl (C=O) groups excluding carboxylic acids is 1. The summed E-state index contributed by atoms with van der Waals surface area (Å²) in [6.07, 6.45) is 6.87. The standard InChI is InChI=1S/C23H28ClN5O2S2.3C2H6/c1-31-19-13-26-20(24)12-18(19)17-11-15(25-9-2-10-32)6-7-16(17)22(30)27-23-29-28-21(33-23)8-5-14-3-4-14;3*1-2/h6-7,11-14,20-21,23,25-26,28-29,32H,2-4,9-10H2,1H3,(H,27,30);3*1-2H3. The summed E-state index contributed by atoms with van der Waals surface area (Å²) in [5.41, 5.74) is 8.47. The number of hydrogen-bond donors (Lipinski definition) is 6. The molecule has 1 aromatic rings. The number of alkyl halides is 1. The van der Waals surface area contributed by atoms with Crippen molar-refractivity contribution in [3.05, 3.63) is 47.4 Å². The zero-order chi connectivity index (χ0) is 29.2. The lowest BCUT2D eigenvalue weighted by Crippen LogP contribution is -2.43. The number of thiol groups is 1. The van der Waals surface area contributed by atoms with Gasteiger partial charge in [-0.3, -0.25) is 4.79 Å². The van der Waals surface area contributed by atoms with Gasteiger partial charge >= 0.3 is 0 Å². The fourth-order valence-electron chi connectivity index (χ4n) is 3.40. The van der Waals surface area contributed by atoms with Gasteiger partial charge in [0, 0.05) is 41.1 Å². The number of dihydropyridines is 1. The van der Waals surface area contributed by atoms with Crippen LogP contribution in [0.3, 0.4) is 0 Å². The molecule has 1 amide bonds. The average Bonchev–Trinajstić information content (AvgIpc) is 3.72. The van der Waals surface area contributed by atoms with Gasteiger partial charge in [-0.1, -0.05) is 76.7 Å². The Bertz CT molecular complexity index is 1010. The van der Waals surface area contributed by atoms with Crippen LogP contribution in [0.25, 0.3) is 5.57 Å². The normalized spacial score (nSPS) is 20.8. The third-order valence-electron chi connectivity index (χ3n) is 5.27. The molecule has 10 heteroatoms. The van der Waals surface area contributed by atoms with E-state index in [-0.39, 0.29) is 16.8 Å². The van der Waals surface area contributed by atoms with Gasteiger partial charge in [0.2, 0.25) is 0 Å². The Balaban J connectivity index is 0.00000119. The Morgan fingerprint density at radius 2 is 1.87 bits per heavy atom. The van der Waals surface area contributed by atoms with Crippen LogP contribution in [0.1, 0.15) is 76.7 Å². The molecule has 3 aliphatic rings. The first-order valence-corrected chi connectivity index (χ1v) is 15.9. The van der Waals surface area contributed by atoms with Crippen LogP contribution in [-0.2, 0) is 4.74 Å². The summed E-state index contributed by atoms with van der Waals surface area (Å²) >= 11 is 12.1. The number of carbonyl (C=O) groups is 1. The molecule has 1 aliphatic carbocycles. The molecule has 0 radical (unpaired) electrons. The highest BCUT2D eigenvalue weighted by molar-refractivity contribution is 8.00. The van der Waals surface area contributed by atoms with Crippen molar-refractivity contribution in [1.29, 1.82) is 0 Å². The van der Waals surface area contributed by atoms with Crippen LogP contribution in [0.2, 0.25) is 0 Å². The highest BCUT2D eigenvalue weighted by atomic mass is 35.5. The van der Waals surface area contributed by atoms with Gasteiger partial charge < -0.3 is 20.7 Å². The molecular formula is C29H46ClN5O2S2. The minimum Gasteiger partial charge on any atom is -0.495 e. The van der Waals surface area contributed by atoms with Gasteiger partial charge in [0.05, 0.1) is 7.11 Å².